The van der Waals surface area contributed by atoms with E-state index in [0.717, 1.165) is 41.0 Å². The van der Waals surface area contributed by atoms with Gasteiger partial charge in [0.05, 0.1) is 17.3 Å². The van der Waals surface area contributed by atoms with Crippen LogP contribution in [0.5, 0.6) is 5.75 Å². The van der Waals surface area contributed by atoms with Crippen molar-refractivity contribution < 1.29 is 9.84 Å². The van der Waals surface area contributed by atoms with E-state index in [1.165, 1.54) is 5.69 Å². The van der Waals surface area contributed by atoms with Gasteiger partial charge in [-0.3, -0.25) is 0 Å². The third-order valence-corrected chi connectivity index (χ3v) is 4.87. The van der Waals surface area contributed by atoms with Crippen molar-refractivity contribution in [2.75, 3.05) is 24.6 Å². The molecule has 0 amide bonds. The highest BCUT2D eigenvalue weighted by Gasteiger charge is 2.07. The van der Waals surface area contributed by atoms with E-state index in [1.807, 2.05) is 25.1 Å². The van der Waals surface area contributed by atoms with Gasteiger partial charge in [-0.25, -0.2) is 4.98 Å². The third kappa shape index (κ3) is 4.58. The van der Waals surface area contributed by atoms with E-state index in [0.29, 0.717) is 13.0 Å². The molecule has 0 aliphatic heterocycles. The molecule has 1 atom stereocenters. The largest absolute Gasteiger partial charge is 0.491 e. The zero-order chi connectivity index (χ0) is 19.2. The average molecular weight is 364 g/mol. The fourth-order valence-electron chi connectivity index (χ4n) is 3.09. The summed E-state index contributed by atoms with van der Waals surface area (Å²) in [5, 5.41) is 10.7. The van der Waals surface area contributed by atoms with Crippen molar-refractivity contribution in [1.82, 2.24) is 4.98 Å². The summed E-state index contributed by atoms with van der Waals surface area (Å²) in [5.41, 5.74) is 4.17. The minimum absolute atomic E-state index is 0.300. The van der Waals surface area contributed by atoms with Crippen LogP contribution in [-0.4, -0.2) is 35.9 Å². The summed E-state index contributed by atoms with van der Waals surface area (Å²) in [6.07, 6.45) is 0.240. The molecule has 4 nitrogen and oxygen atoms in total. The fraction of sp³-hybridized carbons (Fsp3) is 0.348. The van der Waals surface area contributed by atoms with Gasteiger partial charge >= 0.3 is 0 Å². The molecule has 0 aliphatic carbocycles. The number of benzene rings is 2. The predicted octanol–water partition coefficient (Wildman–Crippen LogP) is 4.90. The van der Waals surface area contributed by atoms with Crippen molar-refractivity contribution in [3.05, 3.63) is 54.6 Å². The summed E-state index contributed by atoms with van der Waals surface area (Å²) in [6.45, 7) is 8.57. The van der Waals surface area contributed by atoms with Crippen molar-refractivity contribution in [2.45, 2.75) is 33.3 Å². The van der Waals surface area contributed by atoms with Crippen molar-refractivity contribution in [3.63, 3.8) is 0 Å². The molecule has 142 valence electrons. The molecule has 1 N–H and O–H groups in total. The standard InChI is InChI=1S/C23H28N2O2/c1-4-20(26)16-27-21-13-9-18-10-14-22(24-23(18)15-21)17-7-11-19(12-8-17)25(5-2)6-3/h7-15,20,26H,4-6,16H2,1-3H3. The van der Waals surface area contributed by atoms with Gasteiger partial charge in [-0.05, 0) is 50.6 Å². The topological polar surface area (TPSA) is 45.6 Å². The first-order valence-electron chi connectivity index (χ1n) is 9.71. The minimum Gasteiger partial charge on any atom is -0.491 e. The van der Waals surface area contributed by atoms with Crippen LogP contribution in [-0.2, 0) is 0 Å². The molecule has 27 heavy (non-hydrogen) atoms. The molecule has 4 heteroatoms. The molecule has 3 rings (SSSR count). The summed E-state index contributed by atoms with van der Waals surface area (Å²) in [7, 11) is 0. The van der Waals surface area contributed by atoms with Crippen LogP contribution in [0.3, 0.4) is 0 Å². The number of ether oxygens (including phenoxy) is 1. The smallest absolute Gasteiger partial charge is 0.121 e. The normalized spacial score (nSPS) is 12.1. The maximum atomic E-state index is 9.68. The Balaban J connectivity index is 1.84. The second kappa shape index (κ2) is 8.87. The molecule has 0 aliphatic rings. The Kier molecular flexibility index (Phi) is 6.30. The SMILES string of the molecule is CCC(O)COc1ccc2ccc(-c3ccc(N(CC)CC)cc3)nc2c1. The maximum absolute atomic E-state index is 9.68. The number of hydrogen-bond donors (Lipinski definition) is 1. The van der Waals surface area contributed by atoms with Gasteiger partial charge in [-0.15, -0.1) is 0 Å². The van der Waals surface area contributed by atoms with Crippen LogP contribution in [0.4, 0.5) is 5.69 Å². The first-order valence-corrected chi connectivity index (χ1v) is 9.71. The van der Waals surface area contributed by atoms with E-state index in [2.05, 4.69) is 55.1 Å². The van der Waals surface area contributed by atoms with Crippen molar-refractivity contribution >= 4 is 16.6 Å². The molecule has 0 saturated heterocycles. The van der Waals surface area contributed by atoms with Gasteiger partial charge in [0.25, 0.3) is 0 Å². The Labute approximate surface area is 161 Å². The van der Waals surface area contributed by atoms with Gasteiger partial charge in [0.15, 0.2) is 0 Å². The zero-order valence-corrected chi connectivity index (χ0v) is 16.4. The van der Waals surface area contributed by atoms with Crippen molar-refractivity contribution in [3.8, 4) is 17.0 Å². The van der Waals surface area contributed by atoms with Crippen molar-refractivity contribution in [1.29, 1.82) is 0 Å². The lowest BCUT2D eigenvalue weighted by molar-refractivity contribution is 0.104. The van der Waals surface area contributed by atoms with Crippen LogP contribution in [0.2, 0.25) is 0 Å². The van der Waals surface area contributed by atoms with Gasteiger partial charge in [0, 0.05) is 35.8 Å². The second-order valence-electron chi connectivity index (χ2n) is 6.64. The van der Waals surface area contributed by atoms with E-state index < -0.39 is 6.10 Å². The summed E-state index contributed by atoms with van der Waals surface area (Å²) in [5.74, 6) is 0.733. The van der Waals surface area contributed by atoms with Crippen LogP contribution in [0.25, 0.3) is 22.2 Å². The molecule has 3 aromatic rings. The molecule has 0 radical (unpaired) electrons. The second-order valence-corrected chi connectivity index (χ2v) is 6.64. The lowest BCUT2D eigenvalue weighted by atomic mass is 10.1. The van der Waals surface area contributed by atoms with Crippen LogP contribution >= 0.6 is 0 Å². The van der Waals surface area contributed by atoms with E-state index in [9.17, 15) is 5.11 Å². The minimum atomic E-state index is -0.440. The zero-order valence-electron chi connectivity index (χ0n) is 16.4. The van der Waals surface area contributed by atoms with Crippen molar-refractivity contribution in [2.24, 2.45) is 0 Å². The van der Waals surface area contributed by atoms with Crippen LogP contribution in [0.15, 0.2) is 54.6 Å². The molecule has 1 unspecified atom stereocenters. The Morgan fingerprint density at radius 1 is 0.963 bits per heavy atom. The number of anilines is 1. The van der Waals surface area contributed by atoms with E-state index >= 15 is 0 Å². The third-order valence-electron chi connectivity index (χ3n) is 4.87. The molecule has 0 fully saturated rings. The Morgan fingerprint density at radius 3 is 2.33 bits per heavy atom. The Morgan fingerprint density at radius 2 is 1.67 bits per heavy atom. The summed E-state index contributed by atoms with van der Waals surface area (Å²) >= 11 is 0. The lowest BCUT2D eigenvalue weighted by Gasteiger charge is -2.21. The molecule has 2 aromatic carbocycles. The van der Waals surface area contributed by atoms with Gasteiger partial charge in [-0.1, -0.05) is 25.1 Å². The highest BCUT2D eigenvalue weighted by Crippen LogP contribution is 2.26. The Hall–Kier alpha value is -2.59. The number of aliphatic hydroxyl groups is 1. The first kappa shape index (κ1) is 19.2. The highest BCUT2D eigenvalue weighted by molar-refractivity contribution is 5.83. The summed E-state index contributed by atoms with van der Waals surface area (Å²) in [6, 6.07) is 18.6. The maximum Gasteiger partial charge on any atom is 0.121 e. The Bertz CT molecular complexity index is 873. The molecule has 1 heterocycles. The number of aromatic nitrogens is 1. The molecular formula is C23H28N2O2. The number of pyridine rings is 1. The van der Waals surface area contributed by atoms with Crippen LogP contribution in [0, 0.1) is 0 Å². The predicted molar refractivity (Wildman–Crippen MR) is 113 cm³/mol. The number of rotatable bonds is 8. The van der Waals surface area contributed by atoms with Gasteiger partial charge in [-0.2, -0.15) is 0 Å². The van der Waals surface area contributed by atoms with E-state index in [4.69, 9.17) is 9.72 Å². The number of hydrogen-bond acceptors (Lipinski definition) is 4. The van der Waals surface area contributed by atoms with Crippen LogP contribution in [0.1, 0.15) is 27.2 Å². The number of nitrogens with zero attached hydrogens (tertiary/aromatic N) is 2. The number of aliphatic hydroxyl groups excluding tert-OH is 1. The fourth-order valence-corrected chi connectivity index (χ4v) is 3.09. The van der Waals surface area contributed by atoms with Crippen LogP contribution < -0.4 is 9.64 Å². The summed E-state index contributed by atoms with van der Waals surface area (Å²) < 4.78 is 5.68. The number of fused-ring (bicyclic) bond motifs is 1. The first-order chi connectivity index (χ1) is 13.1. The van der Waals surface area contributed by atoms with Gasteiger partial charge in [0.2, 0.25) is 0 Å². The molecule has 0 spiro atoms. The summed E-state index contributed by atoms with van der Waals surface area (Å²) in [4.78, 5) is 7.14. The average Bonchev–Trinajstić information content (AvgIpc) is 2.72. The molecule has 0 bridgehead atoms. The van der Waals surface area contributed by atoms with Gasteiger partial charge in [0.1, 0.15) is 12.4 Å². The monoisotopic (exact) mass is 364 g/mol. The molecule has 1 aromatic heterocycles. The highest BCUT2D eigenvalue weighted by atomic mass is 16.5. The molecular weight excluding hydrogens is 336 g/mol. The quantitative estimate of drug-likeness (QED) is 0.618. The van der Waals surface area contributed by atoms with E-state index in [-0.39, 0.29) is 0 Å². The lowest BCUT2D eigenvalue weighted by Crippen LogP contribution is -2.21. The molecule has 0 saturated carbocycles. The van der Waals surface area contributed by atoms with E-state index in [1.54, 1.807) is 0 Å². The van der Waals surface area contributed by atoms with Gasteiger partial charge < -0.3 is 14.7 Å².